The van der Waals surface area contributed by atoms with Gasteiger partial charge in [-0.2, -0.15) is 0 Å². The first-order valence-electron chi connectivity index (χ1n) is 6.50. The van der Waals surface area contributed by atoms with Crippen LogP contribution in [0.15, 0.2) is 36.4 Å². The molecule has 1 atom stereocenters. The number of rotatable bonds is 5. The first-order valence-corrected chi connectivity index (χ1v) is 6.88. The summed E-state index contributed by atoms with van der Waals surface area (Å²) in [5, 5.41) is 3.59. The zero-order chi connectivity index (χ0) is 15.4. The van der Waals surface area contributed by atoms with Gasteiger partial charge in [-0.25, -0.2) is 8.78 Å². The SMILES string of the molecule is CNC(Cc1c(F)cccc1F)c1cc(Cl)ccc1OC. The van der Waals surface area contributed by atoms with Crippen LogP contribution in [0.1, 0.15) is 17.2 Å². The molecule has 0 spiro atoms. The average Bonchev–Trinajstić information content (AvgIpc) is 2.47. The van der Waals surface area contributed by atoms with E-state index in [2.05, 4.69) is 5.32 Å². The molecule has 1 N–H and O–H groups in total. The Morgan fingerprint density at radius 1 is 1.19 bits per heavy atom. The lowest BCUT2D eigenvalue weighted by Gasteiger charge is -2.20. The molecule has 0 fully saturated rings. The van der Waals surface area contributed by atoms with E-state index in [0.717, 1.165) is 5.56 Å². The third-order valence-electron chi connectivity index (χ3n) is 3.39. The highest BCUT2D eigenvalue weighted by molar-refractivity contribution is 6.30. The van der Waals surface area contributed by atoms with Crippen molar-refractivity contribution in [3.8, 4) is 5.75 Å². The first-order chi connectivity index (χ1) is 10.1. The lowest BCUT2D eigenvalue weighted by Crippen LogP contribution is -2.20. The number of halogens is 3. The van der Waals surface area contributed by atoms with Crippen molar-refractivity contribution in [2.24, 2.45) is 0 Å². The van der Waals surface area contributed by atoms with Gasteiger partial charge in [-0.3, -0.25) is 0 Å². The molecule has 21 heavy (non-hydrogen) atoms. The van der Waals surface area contributed by atoms with Crippen molar-refractivity contribution in [2.75, 3.05) is 14.2 Å². The number of likely N-dealkylation sites (N-methyl/N-ethyl adjacent to an activating group) is 1. The highest BCUT2D eigenvalue weighted by Crippen LogP contribution is 2.31. The topological polar surface area (TPSA) is 21.3 Å². The number of hydrogen-bond acceptors (Lipinski definition) is 2. The van der Waals surface area contributed by atoms with E-state index in [4.69, 9.17) is 16.3 Å². The lowest BCUT2D eigenvalue weighted by molar-refractivity contribution is 0.400. The average molecular weight is 312 g/mol. The Morgan fingerprint density at radius 2 is 1.86 bits per heavy atom. The zero-order valence-electron chi connectivity index (χ0n) is 11.8. The van der Waals surface area contributed by atoms with Gasteiger partial charge < -0.3 is 10.1 Å². The number of methoxy groups -OCH3 is 1. The Labute approximate surface area is 127 Å². The van der Waals surface area contributed by atoms with Crippen LogP contribution < -0.4 is 10.1 Å². The number of hydrogen-bond donors (Lipinski definition) is 1. The summed E-state index contributed by atoms with van der Waals surface area (Å²) in [5.41, 5.74) is 0.800. The van der Waals surface area contributed by atoms with E-state index in [9.17, 15) is 8.78 Å². The molecule has 0 heterocycles. The maximum absolute atomic E-state index is 13.8. The molecular formula is C16H16ClF2NO. The van der Waals surface area contributed by atoms with Crippen molar-refractivity contribution in [3.63, 3.8) is 0 Å². The summed E-state index contributed by atoms with van der Waals surface area (Å²) in [6.07, 6.45) is 0.158. The Kier molecular flexibility index (Phi) is 5.15. The summed E-state index contributed by atoms with van der Waals surface area (Å²) in [7, 11) is 3.27. The van der Waals surface area contributed by atoms with Gasteiger partial charge >= 0.3 is 0 Å². The highest BCUT2D eigenvalue weighted by Gasteiger charge is 2.19. The molecule has 5 heteroatoms. The molecule has 2 nitrogen and oxygen atoms in total. The summed E-state index contributed by atoms with van der Waals surface area (Å²) in [6, 6.07) is 8.72. The van der Waals surface area contributed by atoms with Gasteiger partial charge in [-0.15, -0.1) is 0 Å². The summed E-state index contributed by atoms with van der Waals surface area (Å²) in [6.45, 7) is 0. The van der Waals surface area contributed by atoms with Gasteiger partial charge in [0.25, 0.3) is 0 Å². The maximum atomic E-state index is 13.8. The molecule has 0 aliphatic rings. The molecule has 0 radical (unpaired) electrons. The van der Waals surface area contributed by atoms with Crippen LogP contribution in [0, 0.1) is 11.6 Å². The second kappa shape index (κ2) is 6.87. The molecule has 0 bridgehead atoms. The highest BCUT2D eigenvalue weighted by atomic mass is 35.5. The number of benzene rings is 2. The maximum Gasteiger partial charge on any atom is 0.129 e. The molecule has 0 saturated carbocycles. The van der Waals surface area contributed by atoms with Crippen molar-refractivity contribution in [1.82, 2.24) is 5.32 Å². The Hall–Kier alpha value is -1.65. The van der Waals surface area contributed by atoms with Gasteiger partial charge in [0.2, 0.25) is 0 Å². The molecule has 0 aliphatic carbocycles. The third-order valence-corrected chi connectivity index (χ3v) is 3.62. The molecule has 1 unspecified atom stereocenters. The standard InChI is InChI=1S/C16H16ClF2NO/c1-20-15(9-11-13(18)4-3-5-14(11)19)12-8-10(17)6-7-16(12)21-2/h3-8,15,20H,9H2,1-2H3. The minimum absolute atomic E-state index is 0.0406. The molecular weight excluding hydrogens is 296 g/mol. The molecule has 0 saturated heterocycles. The minimum Gasteiger partial charge on any atom is -0.496 e. The van der Waals surface area contributed by atoms with Gasteiger partial charge in [-0.1, -0.05) is 17.7 Å². The van der Waals surface area contributed by atoms with E-state index in [1.807, 2.05) is 0 Å². The van der Waals surface area contributed by atoms with Crippen molar-refractivity contribution in [1.29, 1.82) is 0 Å². The molecule has 0 aromatic heterocycles. The van der Waals surface area contributed by atoms with Gasteiger partial charge in [-0.05, 0) is 43.8 Å². The predicted octanol–water partition coefficient (Wildman–Crippen LogP) is 4.13. The molecule has 2 rings (SSSR count). The van der Waals surface area contributed by atoms with E-state index < -0.39 is 11.6 Å². The second-order valence-electron chi connectivity index (χ2n) is 4.63. The largest absolute Gasteiger partial charge is 0.496 e. The first kappa shape index (κ1) is 15.7. The van der Waals surface area contributed by atoms with Crippen LogP contribution in [0.4, 0.5) is 8.78 Å². The van der Waals surface area contributed by atoms with E-state index in [0.29, 0.717) is 10.8 Å². The molecule has 112 valence electrons. The van der Waals surface area contributed by atoms with E-state index in [1.165, 1.54) is 18.2 Å². The van der Waals surface area contributed by atoms with E-state index >= 15 is 0 Å². The van der Waals surface area contributed by atoms with Crippen molar-refractivity contribution >= 4 is 11.6 Å². The molecule has 2 aromatic carbocycles. The van der Waals surface area contributed by atoms with Crippen molar-refractivity contribution in [3.05, 3.63) is 64.2 Å². The monoisotopic (exact) mass is 311 g/mol. The lowest BCUT2D eigenvalue weighted by atomic mass is 9.97. The van der Waals surface area contributed by atoms with Crippen LogP contribution in [0.25, 0.3) is 0 Å². The molecule has 0 amide bonds. The van der Waals surface area contributed by atoms with Crippen LogP contribution in [0.2, 0.25) is 5.02 Å². The normalized spacial score (nSPS) is 12.2. The Bertz CT molecular complexity index is 613. The van der Waals surface area contributed by atoms with Crippen LogP contribution in [0.5, 0.6) is 5.75 Å². The summed E-state index contributed by atoms with van der Waals surface area (Å²) >= 11 is 6.01. The minimum atomic E-state index is -0.559. The second-order valence-corrected chi connectivity index (χ2v) is 5.07. The fourth-order valence-electron chi connectivity index (χ4n) is 2.28. The predicted molar refractivity (Wildman–Crippen MR) is 79.9 cm³/mol. The van der Waals surface area contributed by atoms with Gasteiger partial charge in [0.15, 0.2) is 0 Å². The van der Waals surface area contributed by atoms with Crippen LogP contribution in [0.3, 0.4) is 0 Å². The summed E-state index contributed by atoms with van der Waals surface area (Å²) in [5.74, 6) is -0.497. The third kappa shape index (κ3) is 3.52. The summed E-state index contributed by atoms with van der Waals surface area (Å²) < 4.78 is 32.9. The quantitative estimate of drug-likeness (QED) is 0.896. The van der Waals surface area contributed by atoms with E-state index in [1.54, 1.807) is 32.4 Å². The molecule has 0 aliphatic heterocycles. The Morgan fingerprint density at radius 3 is 2.43 bits per heavy atom. The van der Waals surface area contributed by atoms with Crippen LogP contribution >= 0.6 is 11.6 Å². The Balaban J connectivity index is 2.39. The zero-order valence-corrected chi connectivity index (χ0v) is 12.5. The molecule has 2 aromatic rings. The van der Waals surface area contributed by atoms with Crippen LogP contribution in [-0.4, -0.2) is 14.2 Å². The fourth-order valence-corrected chi connectivity index (χ4v) is 2.46. The van der Waals surface area contributed by atoms with Crippen molar-refractivity contribution < 1.29 is 13.5 Å². The van der Waals surface area contributed by atoms with Gasteiger partial charge in [0.05, 0.1) is 7.11 Å². The summed E-state index contributed by atoms with van der Waals surface area (Å²) in [4.78, 5) is 0. The number of nitrogens with one attached hydrogen (secondary N) is 1. The van der Waals surface area contributed by atoms with Crippen molar-refractivity contribution in [2.45, 2.75) is 12.5 Å². The smallest absolute Gasteiger partial charge is 0.129 e. The van der Waals surface area contributed by atoms with Gasteiger partial charge in [0, 0.05) is 22.2 Å². The number of ether oxygens (including phenoxy) is 1. The van der Waals surface area contributed by atoms with E-state index in [-0.39, 0.29) is 18.0 Å². The fraction of sp³-hybridized carbons (Fsp3) is 0.250. The van der Waals surface area contributed by atoms with Gasteiger partial charge in [0.1, 0.15) is 17.4 Å². The van der Waals surface area contributed by atoms with Crippen LogP contribution in [-0.2, 0) is 6.42 Å².